The number of hydrogen-bond acceptors (Lipinski definition) is 3. The average Bonchev–Trinajstić information content (AvgIpc) is 2.45. The van der Waals surface area contributed by atoms with Crippen molar-refractivity contribution in [2.45, 2.75) is 4.90 Å². The van der Waals surface area contributed by atoms with Crippen molar-refractivity contribution in [3.05, 3.63) is 59.8 Å². The molecule has 3 nitrogen and oxygen atoms in total. The van der Waals surface area contributed by atoms with Gasteiger partial charge in [0.25, 0.3) is 9.05 Å². The Labute approximate surface area is 131 Å². The van der Waals surface area contributed by atoms with Gasteiger partial charge in [-0.2, -0.15) is 0 Å². The lowest BCUT2D eigenvalue weighted by Gasteiger charge is -2.05. The maximum atomic E-state index is 11.4. The lowest BCUT2D eigenvalue weighted by atomic mass is 10.1. The van der Waals surface area contributed by atoms with Crippen LogP contribution in [0.15, 0.2) is 59.6 Å². The van der Waals surface area contributed by atoms with Crippen LogP contribution in [0.4, 0.5) is 0 Å². The molecule has 0 spiro atoms. The first-order valence-electron chi connectivity index (χ1n) is 6.04. The Morgan fingerprint density at radius 1 is 0.952 bits per heavy atom. The van der Waals surface area contributed by atoms with Crippen molar-refractivity contribution in [1.82, 2.24) is 4.98 Å². The Bertz CT molecular complexity index is 939. The zero-order valence-electron chi connectivity index (χ0n) is 10.6. The van der Waals surface area contributed by atoms with E-state index < -0.39 is 9.05 Å². The second kappa shape index (κ2) is 5.30. The fraction of sp³-hybridized carbons (Fsp3) is 0. The van der Waals surface area contributed by atoms with E-state index in [4.69, 9.17) is 22.3 Å². The maximum absolute atomic E-state index is 11.4. The Morgan fingerprint density at radius 2 is 1.76 bits per heavy atom. The minimum absolute atomic E-state index is 0.0571. The molecule has 0 saturated heterocycles. The molecule has 0 aliphatic rings. The third-order valence-corrected chi connectivity index (χ3v) is 4.68. The summed E-state index contributed by atoms with van der Waals surface area (Å²) in [5, 5.41) is 1.33. The molecule has 3 aromatic rings. The van der Waals surface area contributed by atoms with Crippen LogP contribution in [-0.4, -0.2) is 13.4 Å². The molecule has 0 radical (unpaired) electrons. The van der Waals surface area contributed by atoms with Gasteiger partial charge in [-0.15, -0.1) is 0 Å². The predicted octanol–water partition coefficient (Wildman–Crippen LogP) is 4.48. The summed E-state index contributed by atoms with van der Waals surface area (Å²) in [4.78, 5) is 4.39. The predicted molar refractivity (Wildman–Crippen MR) is 85.2 cm³/mol. The molecule has 0 bridgehead atoms. The molecular formula is C15H9Cl2NO2S. The SMILES string of the molecule is O=S(=O)(Cl)c1ccc2ncc(-c3cccc(Cl)c3)cc2c1. The van der Waals surface area contributed by atoms with E-state index in [1.165, 1.54) is 12.1 Å². The van der Waals surface area contributed by atoms with Gasteiger partial charge in [0, 0.05) is 32.9 Å². The topological polar surface area (TPSA) is 47.0 Å². The molecule has 0 N–H and O–H groups in total. The summed E-state index contributed by atoms with van der Waals surface area (Å²) in [6.45, 7) is 0. The van der Waals surface area contributed by atoms with Gasteiger partial charge in [0.2, 0.25) is 0 Å². The fourth-order valence-corrected chi connectivity index (χ4v) is 3.06. The average molecular weight is 338 g/mol. The molecule has 0 unspecified atom stereocenters. The first-order valence-corrected chi connectivity index (χ1v) is 8.73. The standard InChI is InChI=1S/C15H9Cl2NO2S/c16-13-3-1-2-10(7-13)12-6-11-8-14(21(17,19)20)4-5-15(11)18-9-12/h1-9H. The maximum Gasteiger partial charge on any atom is 0.261 e. The van der Waals surface area contributed by atoms with Crippen molar-refractivity contribution in [2.24, 2.45) is 0 Å². The molecule has 0 fully saturated rings. The highest BCUT2D eigenvalue weighted by molar-refractivity contribution is 8.13. The van der Waals surface area contributed by atoms with Gasteiger partial charge in [-0.1, -0.05) is 23.7 Å². The largest absolute Gasteiger partial charge is 0.261 e. The first kappa shape index (κ1) is 14.3. The van der Waals surface area contributed by atoms with E-state index in [-0.39, 0.29) is 4.90 Å². The van der Waals surface area contributed by atoms with Gasteiger partial charge < -0.3 is 0 Å². The van der Waals surface area contributed by atoms with E-state index in [0.717, 1.165) is 11.1 Å². The number of hydrogen-bond donors (Lipinski definition) is 0. The molecule has 0 atom stereocenters. The van der Waals surface area contributed by atoms with Gasteiger partial charge in [0.05, 0.1) is 10.4 Å². The Kier molecular flexibility index (Phi) is 3.61. The summed E-state index contributed by atoms with van der Waals surface area (Å²) < 4.78 is 22.8. The van der Waals surface area contributed by atoms with Gasteiger partial charge in [-0.25, -0.2) is 8.42 Å². The first-order chi connectivity index (χ1) is 9.93. The molecular weight excluding hydrogens is 329 g/mol. The van der Waals surface area contributed by atoms with Gasteiger partial charge >= 0.3 is 0 Å². The Hall–Kier alpha value is -1.62. The van der Waals surface area contributed by atoms with Gasteiger partial charge in [0.15, 0.2) is 0 Å². The fourth-order valence-electron chi connectivity index (χ4n) is 2.09. The third-order valence-electron chi connectivity index (χ3n) is 3.09. The second-order valence-electron chi connectivity index (χ2n) is 4.53. The van der Waals surface area contributed by atoms with Crippen molar-refractivity contribution in [2.75, 3.05) is 0 Å². The molecule has 106 valence electrons. The molecule has 21 heavy (non-hydrogen) atoms. The van der Waals surface area contributed by atoms with Crippen molar-refractivity contribution in [1.29, 1.82) is 0 Å². The minimum atomic E-state index is -3.76. The molecule has 1 heterocycles. The van der Waals surface area contributed by atoms with E-state index in [1.54, 1.807) is 18.3 Å². The van der Waals surface area contributed by atoms with Crippen LogP contribution >= 0.6 is 22.3 Å². The molecule has 3 rings (SSSR count). The van der Waals surface area contributed by atoms with Crippen LogP contribution in [0, 0.1) is 0 Å². The summed E-state index contributed by atoms with van der Waals surface area (Å²) in [6, 6.07) is 13.8. The second-order valence-corrected chi connectivity index (χ2v) is 7.53. The lowest BCUT2D eigenvalue weighted by Crippen LogP contribution is -1.91. The number of halogens is 2. The molecule has 6 heteroatoms. The van der Waals surface area contributed by atoms with Crippen LogP contribution in [0.2, 0.25) is 5.02 Å². The smallest absolute Gasteiger partial charge is 0.256 e. The van der Waals surface area contributed by atoms with Crippen LogP contribution in [-0.2, 0) is 9.05 Å². The summed E-state index contributed by atoms with van der Waals surface area (Å²) in [6.07, 6.45) is 1.73. The summed E-state index contributed by atoms with van der Waals surface area (Å²) in [5.41, 5.74) is 2.47. The lowest BCUT2D eigenvalue weighted by molar-refractivity contribution is 0.609. The summed E-state index contributed by atoms with van der Waals surface area (Å²) >= 11 is 5.98. The van der Waals surface area contributed by atoms with Gasteiger partial charge in [0.1, 0.15) is 0 Å². The number of aromatic nitrogens is 1. The summed E-state index contributed by atoms with van der Waals surface area (Å²) in [7, 11) is 1.62. The number of fused-ring (bicyclic) bond motifs is 1. The third kappa shape index (κ3) is 3.02. The number of benzene rings is 2. The molecule has 1 aromatic heterocycles. The summed E-state index contributed by atoms with van der Waals surface area (Å²) in [5.74, 6) is 0. The van der Waals surface area contributed by atoms with E-state index in [9.17, 15) is 8.42 Å². The monoisotopic (exact) mass is 337 g/mol. The molecule has 0 amide bonds. The van der Waals surface area contributed by atoms with Crippen LogP contribution in [0.5, 0.6) is 0 Å². The highest BCUT2D eigenvalue weighted by Gasteiger charge is 2.11. The van der Waals surface area contributed by atoms with E-state index in [2.05, 4.69) is 4.98 Å². The highest BCUT2D eigenvalue weighted by atomic mass is 35.7. The minimum Gasteiger partial charge on any atom is -0.256 e. The van der Waals surface area contributed by atoms with Crippen LogP contribution in [0.1, 0.15) is 0 Å². The quantitative estimate of drug-likeness (QED) is 0.647. The van der Waals surface area contributed by atoms with Crippen molar-refractivity contribution >= 4 is 42.2 Å². The Balaban J connectivity index is 2.19. The number of nitrogens with zero attached hydrogens (tertiary/aromatic N) is 1. The van der Waals surface area contributed by atoms with E-state index in [0.29, 0.717) is 15.9 Å². The molecule has 2 aromatic carbocycles. The van der Waals surface area contributed by atoms with Crippen LogP contribution in [0.3, 0.4) is 0 Å². The van der Waals surface area contributed by atoms with Gasteiger partial charge in [-0.3, -0.25) is 4.98 Å². The Morgan fingerprint density at radius 3 is 2.48 bits per heavy atom. The highest BCUT2D eigenvalue weighted by Crippen LogP contribution is 2.27. The molecule has 0 saturated carbocycles. The zero-order valence-corrected chi connectivity index (χ0v) is 13.0. The molecule has 0 aliphatic heterocycles. The van der Waals surface area contributed by atoms with Gasteiger partial charge in [-0.05, 0) is 42.0 Å². The number of rotatable bonds is 2. The molecule has 0 aliphatic carbocycles. The number of pyridine rings is 1. The van der Waals surface area contributed by atoms with Crippen molar-refractivity contribution in [3.63, 3.8) is 0 Å². The van der Waals surface area contributed by atoms with Crippen LogP contribution < -0.4 is 0 Å². The van der Waals surface area contributed by atoms with Crippen LogP contribution in [0.25, 0.3) is 22.0 Å². The zero-order chi connectivity index (χ0) is 15.0. The van der Waals surface area contributed by atoms with Crippen molar-refractivity contribution < 1.29 is 8.42 Å². The van der Waals surface area contributed by atoms with E-state index >= 15 is 0 Å². The normalized spacial score (nSPS) is 11.7. The van der Waals surface area contributed by atoms with Crippen molar-refractivity contribution in [3.8, 4) is 11.1 Å². The van der Waals surface area contributed by atoms with E-state index in [1.807, 2.05) is 24.3 Å².